The Kier molecular flexibility index (Phi) is 6.50. The SMILES string of the molecule is CC[C@H](NC(=O)[C@H](C)Oc1ccc(Cl)cc1)c1ccc(OC)cc1. The zero-order valence-corrected chi connectivity index (χ0v) is 14.8. The van der Waals surface area contributed by atoms with Gasteiger partial charge in [-0.05, 0) is 55.3 Å². The fourth-order valence-electron chi connectivity index (χ4n) is 2.32. The van der Waals surface area contributed by atoms with Crippen LogP contribution >= 0.6 is 11.6 Å². The van der Waals surface area contributed by atoms with Crippen LogP contribution in [0, 0.1) is 0 Å². The fraction of sp³-hybridized carbons (Fsp3) is 0.316. The van der Waals surface area contributed by atoms with Crippen LogP contribution in [0.1, 0.15) is 31.9 Å². The molecule has 0 fully saturated rings. The first-order chi connectivity index (χ1) is 11.5. The Balaban J connectivity index is 1.98. The fourth-order valence-corrected chi connectivity index (χ4v) is 2.44. The lowest BCUT2D eigenvalue weighted by atomic mass is 10.0. The molecule has 1 amide bonds. The average molecular weight is 348 g/mol. The Morgan fingerprint density at radius 2 is 1.67 bits per heavy atom. The third kappa shape index (κ3) is 4.90. The van der Waals surface area contributed by atoms with Gasteiger partial charge in [-0.3, -0.25) is 4.79 Å². The van der Waals surface area contributed by atoms with Gasteiger partial charge in [-0.1, -0.05) is 30.7 Å². The molecule has 2 aromatic rings. The molecule has 0 unspecified atom stereocenters. The van der Waals surface area contributed by atoms with Crippen molar-refractivity contribution in [3.8, 4) is 11.5 Å². The number of hydrogen-bond donors (Lipinski definition) is 1. The highest BCUT2D eigenvalue weighted by Gasteiger charge is 2.19. The summed E-state index contributed by atoms with van der Waals surface area (Å²) in [7, 11) is 1.63. The van der Waals surface area contributed by atoms with Gasteiger partial charge in [0.2, 0.25) is 0 Å². The Morgan fingerprint density at radius 1 is 1.08 bits per heavy atom. The normalized spacial score (nSPS) is 13.0. The van der Waals surface area contributed by atoms with E-state index in [1.807, 2.05) is 31.2 Å². The van der Waals surface area contributed by atoms with Crippen LogP contribution in [0.5, 0.6) is 11.5 Å². The van der Waals surface area contributed by atoms with Crippen molar-refractivity contribution in [1.29, 1.82) is 0 Å². The molecule has 2 atom stereocenters. The highest BCUT2D eigenvalue weighted by molar-refractivity contribution is 6.30. The number of halogens is 1. The summed E-state index contributed by atoms with van der Waals surface area (Å²) in [5, 5.41) is 3.65. The van der Waals surface area contributed by atoms with Crippen molar-refractivity contribution in [2.24, 2.45) is 0 Å². The molecule has 2 aromatic carbocycles. The zero-order valence-electron chi connectivity index (χ0n) is 14.1. The number of amides is 1. The number of benzene rings is 2. The summed E-state index contributed by atoms with van der Waals surface area (Å²) in [5.41, 5.74) is 1.03. The maximum absolute atomic E-state index is 12.4. The lowest BCUT2D eigenvalue weighted by Gasteiger charge is -2.21. The third-order valence-corrected chi connectivity index (χ3v) is 3.99. The minimum atomic E-state index is -0.599. The molecule has 0 bridgehead atoms. The van der Waals surface area contributed by atoms with Crippen LogP contribution in [0.25, 0.3) is 0 Å². The first kappa shape index (κ1) is 18.1. The molecule has 0 aliphatic carbocycles. The molecule has 0 aliphatic heterocycles. The van der Waals surface area contributed by atoms with Gasteiger partial charge >= 0.3 is 0 Å². The number of carbonyl (C=O) groups is 1. The molecule has 2 rings (SSSR count). The Labute approximate surface area is 147 Å². The van der Waals surface area contributed by atoms with E-state index in [0.717, 1.165) is 17.7 Å². The molecule has 0 saturated heterocycles. The zero-order chi connectivity index (χ0) is 17.5. The van der Waals surface area contributed by atoms with Gasteiger partial charge in [0.15, 0.2) is 6.10 Å². The van der Waals surface area contributed by atoms with Crippen LogP contribution in [0.3, 0.4) is 0 Å². The third-order valence-electron chi connectivity index (χ3n) is 3.74. The van der Waals surface area contributed by atoms with Gasteiger partial charge in [-0.2, -0.15) is 0 Å². The van der Waals surface area contributed by atoms with E-state index in [1.165, 1.54) is 0 Å². The Morgan fingerprint density at radius 3 is 2.21 bits per heavy atom. The molecule has 0 heterocycles. The van der Waals surface area contributed by atoms with Crippen LogP contribution < -0.4 is 14.8 Å². The molecule has 24 heavy (non-hydrogen) atoms. The number of carbonyl (C=O) groups excluding carboxylic acids is 1. The number of hydrogen-bond acceptors (Lipinski definition) is 3. The van der Waals surface area contributed by atoms with Crippen LogP contribution in [-0.2, 0) is 4.79 Å². The monoisotopic (exact) mass is 347 g/mol. The highest BCUT2D eigenvalue weighted by atomic mass is 35.5. The molecule has 5 heteroatoms. The first-order valence-corrected chi connectivity index (χ1v) is 8.27. The second-order valence-electron chi connectivity index (χ2n) is 5.46. The molecule has 0 aliphatic rings. The largest absolute Gasteiger partial charge is 0.497 e. The van der Waals surface area contributed by atoms with E-state index in [0.29, 0.717) is 10.8 Å². The smallest absolute Gasteiger partial charge is 0.261 e. The van der Waals surface area contributed by atoms with Crippen molar-refractivity contribution in [1.82, 2.24) is 5.32 Å². The minimum absolute atomic E-state index is 0.0697. The molecule has 0 saturated carbocycles. The van der Waals surface area contributed by atoms with Gasteiger partial charge in [0.25, 0.3) is 5.91 Å². The molecule has 0 aromatic heterocycles. The van der Waals surface area contributed by atoms with Crippen LogP contribution in [0.2, 0.25) is 5.02 Å². The topological polar surface area (TPSA) is 47.6 Å². The molecular weight excluding hydrogens is 326 g/mol. The first-order valence-electron chi connectivity index (χ1n) is 7.90. The summed E-state index contributed by atoms with van der Waals surface area (Å²) in [5.74, 6) is 1.24. The van der Waals surface area contributed by atoms with Gasteiger partial charge in [0, 0.05) is 5.02 Å². The van der Waals surface area contributed by atoms with Crippen molar-refractivity contribution in [3.63, 3.8) is 0 Å². The number of rotatable bonds is 7. The van der Waals surface area contributed by atoms with E-state index >= 15 is 0 Å². The van der Waals surface area contributed by atoms with Crippen molar-refractivity contribution in [3.05, 3.63) is 59.1 Å². The van der Waals surface area contributed by atoms with Gasteiger partial charge in [0.1, 0.15) is 11.5 Å². The quantitative estimate of drug-likeness (QED) is 0.808. The van der Waals surface area contributed by atoms with E-state index in [-0.39, 0.29) is 11.9 Å². The Hall–Kier alpha value is -2.20. The van der Waals surface area contributed by atoms with Crippen LogP contribution in [0.15, 0.2) is 48.5 Å². The van der Waals surface area contributed by atoms with E-state index in [1.54, 1.807) is 38.3 Å². The highest BCUT2D eigenvalue weighted by Crippen LogP contribution is 2.21. The maximum atomic E-state index is 12.4. The molecule has 4 nitrogen and oxygen atoms in total. The summed E-state index contributed by atoms with van der Waals surface area (Å²) in [4.78, 5) is 12.4. The summed E-state index contributed by atoms with van der Waals surface area (Å²) >= 11 is 5.84. The van der Waals surface area contributed by atoms with Gasteiger partial charge in [-0.25, -0.2) is 0 Å². The summed E-state index contributed by atoms with van der Waals surface area (Å²) in [6.45, 7) is 3.75. The number of ether oxygens (including phenoxy) is 2. The van der Waals surface area contributed by atoms with Crippen molar-refractivity contribution < 1.29 is 14.3 Å². The van der Waals surface area contributed by atoms with Gasteiger partial charge in [-0.15, -0.1) is 0 Å². The van der Waals surface area contributed by atoms with E-state index in [4.69, 9.17) is 21.1 Å². The summed E-state index contributed by atoms with van der Waals surface area (Å²) in [6, 6.07) is 14.6. The number of methoxy groups -OCH3 is 1. The lowest BCUT2D eigenvalue weighted by Crippen LogP contribution is -2.38. The molecule has 128 valence electrons. The van der Waals surface area contributed by atoms with Crippen molar-refractivity contribution in [2.45, 2.75) is 32.4 Å². The number of nitrogens with one attached hydrogen (secondary N) is 1. The molecule has 1 N–H and O–H groups in total. The van der Waals surface area contributed by atoms with Gasteiger partial charge < -0.3 is 14.8 Å². The maximum Gasteiger partial charge on any atom is 0.261 e. The molecular formula is C19H22ClNO3. The van der Waals surface area contributed by atoms with E-state index < -0.39 is 6.10 Å². The van der Waals surface area contributed by atoms with Gasteiger partial charge in [0.05, 0.1) is 13.2 Å². The van der Waals surface area contributed by atoms with Crippen molar-refractivity contribution >= 4 is 17.5 Å². The predicted molar refractivity (Wildman–Crippen MR) is 95.7 cm³/mol. The Bertz CT molecular complexity index is 655. The second kappa shape index (κ2) is 8.60. The molecule has 0 spiro atoms. The van der Waals surface area contributed by atoms with Crippen LogP contribution in [-0.4, -0.2) is 19.1 Å². The lowest BCUT2D eigenvalue weighted by molar-refractivity contribution is -0.128. The summed E-state index contributed by atoms with van der Waals surface area (Å²) in [6.07, 6.45) is 0.185. The minimum Gasteiger partial charge on any atom is -0.497 e. The van der Waals surface area contributed by atoms with Crippen molar-refractivity contribution in [2.75, 3.05) is 7.11 Å². The van der Waals surface area contributed by atoms with E-state index in [2.05, 4.69) is 5.32 Å². The standard InChI is InChI=1S/C19H22ClNO3/c1-4-18(14-5-9-16(23-3)10-6-14)21-19(22)13(2)24-17-11-7-15(20)8-12-17/h5-13,18H,4H2,1-3H3,(H,21,22)/t13-,18-/m0/s1. The van der Waals surface area contributed by atoms with Crippen LogP contribution in [0.4, 0.5) is 0 Å². The second-order valence-corrected chi connectivity index (χ2v) is 5.89. The summed E-state index contributed by atoms with van der Waals surface area (Å²) < 4.78 is 10.8. The molecule has 0 radical (unpaired) electrons. The average Bonchev–Trinajstić information content (AvgIpc) is 2.61. The van der Waals surface area contributed by atoms with E-state index in [9.17, 15) is 4.79 Å². The predicted octanol–water partition coefficient (Wildman–Crippen LogP) is 4.38.